The predicted molar refractivity (Wildman–Crippen MR) is 124 cm³/mol. The number of carbonyl (C=O) groups is 1. The van der Waals surface area contributed by atoms with Gasteiger partial charge in [-0.25, -0.2) is 9.67 Å². The number of carbonyl (C=O) groups excluding carboxylic acids is 1. The summed E-state index contributed by atoms with van der Waals surface area (Å²) in [6.07, 6.45) is 1.79. The average molecular weight is 434 g/mol. The Morgan fingerprint density at radius 2 is 1.94 bits per heavy atom. The third-order valence-electron chi connectivity index (χ3n) is 5.49. The summed E-state index contributed by atoms with van der Waals surface area (Å²) in [5.41, 5.74) is 0.961. The van der Waals surface area contributed by atoms with Gasteiger partial charge in [0.05, 0.1) is 17.8 Å². The largest absolute Gasteiger partial charge is 0.325 e. The van der Waals surface area contributed by atoms with Crippen LogP contribution in [0.25, 0.3) is 21.8 Å². The summed E-state index contributed by atoms with van der Waals surface area (Å²) in [6.45, 7) is 6.08. The number of thioether (sulfide) groups is 1. The number of hydrogen-bond donors (Lipinski definition) is 1. The smallest absolute Gasteiger partial charge is 0.265 e. The molecule has 1 unspecified atom stereocenters. The minimum absolute atomic E-state index is 0.118. The highest BCUT2D eigenvalue weighted by Gasteiger charge is 2.30. The number of hydrogen-bond acceptors (Lipinski definition) is 5. The predicted octanol–water partition coefficient (Wildman–Crippen LogP) is 4.18. The Kier molecular flexibility index (Phi) is 4.62. The zero-order valence-corrected chi connectivity index (χ0v) is 18.4. The van der Waals surface area contributed by atoms with E-state index in [0.717, 1.165) is 16.5 Å². The molecule has 2 aromatic heterocycles. The van der Waals surface area contributed by atoms with Crippen LogP contribution in [0.15, 0.2) is 58.6 Å². The Bertz CT molecular complexity index is 1380. The molecule has 0 saturated heterocycles. The van der Waals surface area contributed by atoms with Gasteiger partial charge < -0.3 is 5.32 Å². The quantitative estimate of drug-likeness (QED) is 0.490. The first-order valence-electron chi connectivity index (χ1n) is 10.2. The molecule has 0 spiro atoms. The van der Waals surface area contributed by atoms with Crippen LogP contribution in [0.5, 0.6) is 0 Å². The fraction of sp³-hybridized carbons (Fsp3) is 0.304. The third-order valence-corrected chi connectivity index (χ3v) is 6.59. The van der Waals surface area contributed by atoms with Crippen molar-refractivity contribution in [2.75, 3.05) is 11.1 Å². The summed E-state index contributed by atoms with van der Waals surface area (Å²) in [6, 6.07) is 13.5. The van der Waals surface area contributed by atoms with E-state index >= 15 is 0 Å². The molecular formula is C23H23N5O2S. The fourth-order valence-corrected chi connectivity index (χ4v) is 5.15. The molecule has 1 N–H and O–H groups in total. The monoisotopic (exact) mass is 433 g/mol. The van der Waals surface area contributed by atoms with Crippen molar-refractivity contribution < 1.29 is 4.79 Å². The molecule has 4 aromatic rings. The van der Waals surface area contributed by atoms with Gasteiger partial charge in [-0.15, -0.1) is 0 Å². The molecule has 5 rings (SSSR count). The van der Waals surface area contributed by atoms with Crippen molar-refractivity contribution in [3.05, 3.63) is 59.0 Å². The summed E-state index contributed by atoms with van der Waals surface area (Å²) < 4.78 is 3.44. The first-order valence-corrected chi connectivity index (χ1v) is 11.2. The summed E-state index contributed by atoms with van der Waals surface area (Å²) >= 11 is 1.51. The number of aromatic nitrogens is 4. The van der Waals surface area contributed by atoms with Crippen molar-refractivity contribution in [2.24, 2.45) is 0 Å². The van der Waals surface area contributed by atoms with E-state index in [-0.39, 0.29) is 29.5 Å². The molecule has 1 atom stereocenters. The molecule has 7 nitrogen and oxygen atoms in total. The van der Waals surface area contributed by atoms with E-state index in [0.29, 0.717) is 21.9 Å². The molecule has 0 bridgehead atoms. The summed E-state index contributed by atoms with van der Waals surface area (Å²) in [5.74, 6) is 0.521. The van der Waals surface area contributed by atoms with Crippen LogP contribution in [0.3, 0.4) is 0 Å². The maximum absolute atomic E-state index is 13.2. The molecule has 8 heteroatoms. The van der Waals surface area contributed by atoms with Crippen LogP contribution in [0.4, 0.5) is 5.69 Å². The molecule has 2 aromatic carbocycles. The van der Waals surface area contributed by atoms with E-state index in [4.69, 9.17) is 4.98 Å². The minimum Gasteiger partial charge on any atom is -0.325 e. The number of amides is 1. The van der Waals surface area contributed by atoms with Gasteiger partial charge in [0.25, 0.3) is 5.56 Å². The van der Waals surface area contributed by atoms with Gasteiger partial charge in [0.2, 0.25) is 5.91 Å². The number of nitrogens with zero attached hydrogens (tertiary/aromatic N) is 4. The van der Waals surface area contributed by atoms with E-state index in [9.17, 15) is 9.59 Å². The Morgan fingerprint density at radius 3 is 2.74 bits per heavy atom. The molecule has 1 amide bonds. The molecule has 158 valence electrons. The fourth-order valence-electron chi connectivity index (χ4n) is 4.02. The summed E-state index contributed by atoms with van der Waals surface area (Å²) in [4.78, 5) is 30.8. The van der Waals surface area contributed by atoms with Crippen LogP contribution in [0.1, 0.15) is 33.2 Å². The number of benzene rings is 2. The van der Waals surface area contributed by atoms with Gasteiger partial charge in [-0.05, 0) is 32.2 Å². The highest BCUT2D eigenvalue weighted by atomic mass is 32.2. The van der Waals surface area contributed by atoms with Gasteiger partial charge in [0, 0.05) is 23.2 Å². The summed E-state index contributed by atoms with van der Waals surface area (Å²) in [5, 5.41) is 10.6. The van der Waals surface area contributed by atoms with Crippen molar-refractivity contribution >= 4 is 45.2 Å². The third kappa shape index (κ3) is 3.40. The lowest BCUT2D eigenvalue weighted by Crippen LogP contribution is -2.29. The Balaban J connectivity index is 1.44. The van der Waals surface area contributed by atoms with Crippen molar-refractivity contribution in [1.29, 1.82) is 0 Å². The summed E-state index contributed by atoms with van der Waals surface area (Å²) in [7, 11) is 0. The van der Waals surface area contributed by atoms with Crippen LogP contribution in [0.2, 0.25) is 0 Å². The standard InChI is InChI=1S/C23H23N5O2S/c1-23(2,3)28-20-17(12-24-28)21(30)27-15(13-31-22(27)26-20)11-19(29)25-18-10-6-8-14-7-4-5-9-16(14)18/h4-10,12,15H,11,13H2,1-3H3,(H,25,29). The lowest BCUT2D eigenvalue weighted by molar-refractivity contribution is -0.116. The highest BCUT2D eigenvalue weighted by Crippen LogP contribution is 2.34. The van der Waals surface area contributed by atoms with Gasteiger partial charge in [0.1, 0.15) is 5.39 Å². The van der Waals surface area contributed by atoms with Crippen LogP contribution >= 0.6 is 11.8 Å². The van der Waals surface area contributed by atoms with E-state index in [1.54, 1.807) is 15.4 Å². The first kappa shape index (κ1) is 19.8. The van der Waals surface area contributed by atoms with E-state index in [1.165, 1.54) is 11.8 Å². The van der Waals surface area contributed by atoms with Gasteiger partial charge in [-0.1, -0.05) is 48.2 Å². The SMILES string of the molecule is CC(C)(C)n1ncc2c(=O)n3c(nc21)SCC3CC(=O)Nc1cccc2ccccc12. The Labute approximate surface area is 183 Å². The van der Waals surface area contributed by atoms with Crippen molar-refractivity contribution in [2.45, 2.75) is 43.9 Å². The number of fused-ring (bicyclic) bond motifs is 3. The Hall–Kier alpha value is -3.13. The molecule has 0 saturated carbocycles. The number of anilines is 1. The van der Waals surface area contributed by atoms with Gasteiger partial charge >= 0.3 is 0 Å². The minimum atomic E-state index is -0.277. The maximum Gasteiger partial charge on any atom is 0.265 e. The topological polar surface area (TPSA) is 81.8 Å². The molecule has 0 fully saturated rings. The second-order valence-electron chi connectivity index (χ2n) is 8.78. The molecule has 0 radical (unpaired) electrons. The number of rotatable bonds is 3. The molecule has 3 heterocycles. The molecule has 0 aliphatic carbocycles. The van der Waals surface area contributed by atoms with Gasteiger partial charge in [-0.3, -0.25) is 14.2 Å². The zero-order chi connectivity index (χ0) is 21.8. The van der Waals surface area contributed by atoms with Crippen LogP contribution in [0, 0.1) is 0 Å². The van der Waals surface area contributed by atoms with Crippen LogP contribution in [-0.4, -0.2) is 31.0 Å². The van der Waals surface area contributed by atoms with Crippen LogP contribution < -0.4 is 10.9 Å². The van der Waals surface area contributed by atoms with Crippen LogP contribution in [-0.2, 0) is 10.3 Å². The second-order valence-corrected chi connectivity index (χ2v) is 9.77. The van der Waals surface area contributed by atoms with Gasteiger partial charge in [0.15, 0.2) is 10.8 Å². The van der Waals surface area contributed by atoms with Crippen molar-refractivity contribution in [1.82, 2.24) is 19.3 Å². The molecule has 1 aliphatic heterocycles. The van der Waals surface area contributed by atoms with Gasteiger partial charge in [-0.2, -0.15) is 5.10 Å². The highest BCUT2D eigenvalue weighted by molar-refractivity contribution is 7.99. The van der Waals surface area contributed by atoms with E-state index in [1.807, 2.05) is 63.2 Å². The van der Waals surface area contributed by atoms with E-state index in [2.05, 4.69) is 10.4 Å². The second kappa shape index (κ2) is 7.23. The average Bonchev–Trinajstić information content (AvgIpc) is 3.33. The molecule has 1 aliphatic rings. The lowest BCUT2D eigenvalue weighted by atomic mass is 10.1. The zero-order valence-electron chi connectivity index (χ0n) is 17.6. The lowest BCUT2D eigenvalue weighted by Gasteiger charge is -2.20. The number of nitrogens with one attached hydrogen (secondary N) is 1. The molecular weight excluding hydrogens is 410 g/mol. The first-order chi connectivity index (χ1) is 14.8. The van der Waals surface area contributed by atoms with E-state index < -0.39 is 0 Å². The maximum atomic E-state index is 13.2. The molecule has 31 heavy (non-hydrogen) atoms. The normalized spacial score (nSPS) is 16.0. The van der Waals surface area contributed by atoms with Crippen molar-refractivity contribution in [3.63, 3.8) is 0 Å². The Morgan fingerprint density at radius 1 is 1.16 bits per heavy atom. The van der Waals surface area contributed by atoms with Crippen molar-refractivity contribution in [3.8, 4) is 0 Å².